The second-order valence-electron chi connectivity index (χ2n) is 8.86. The third-order valence-corrected chi connectivity index (χ3v) is 8.36. The molecule has 4 rings (SSSR count). The molecule has 0 radical (unpaired) electrons. The third kappa shape index (κ3) is 5.59. The number of aryl methyl sites for hydroxylation is 2. The smallest absolute Gasteiger partial charge is 0.248 e. The molecule has 11 heteroatoms. The fourth-order valence-corrected chi connectivity index (χ4v) is 5.99. The van der Waals surface area contributed by atoms with Gasteiger partial charge in [-0.1, -0.05) is 5.16 Å². The molecule has 3 heterocycles. The van der Waals surface area contributed by atoms with Crippen LogP contribution >= 0.6 is 0 Å². The van der Waals surface area contributed by atoms with Gasteiger partial charge in [0.1, 0.15) is 22.9 Å². The molecule has 1 aromatic carbocycles. The Hall–Kier alpha value is -2.49. The van der Waals surface area contributed by atoms with Gasteiger partial charge in [-0.3, -0.25) is 9.80 Å². The van der Waals surface area contributed by atoms with Crippen molar-refractivity contribution in [3.05, 3.63) is 41.3 Å². The standard InChI is InChI=1S/C23H31N5O5S/c1-17-23(18(2)33-25-17)34(29,30)26(3)8-9-27-13-21-15-28(16-22(14-27)32-21)10-11-31-20-6-4-19(12-24)5-7-20/h4-7,21-22H,8-11,13-16H2,1-3H3. The number of ether oxygens (including phenoxy) is 2. The first-order valence-corrected chi connectivity index (χ1v) is 12.8. The minimum absolute atomic E-state index is 0.0897. The molecule has 0 amide bonds. The number of benzene rings is 1. The Balaban J connectivity index is 1.23. The molecule has 2 atom stereocenters. The van der Waals surface area contributed by atoms with Gasteiger partial charge in [-0.15, -0.1) is 0 Å². The lowest BCUT2D eigenvalue weighted by Gasteiger charge is -2.46. The molecule has 2 aromatic rings. The second kappa shape index (κ2) is 10.4. The zero-order chi connectivity index (χ0) is 24.3. The monoisotopic (exact) mass is 489 g/mol. The second-order valence-corrected chi connectivity index (χ2v) is 10.8. The first-order valence-electron chi connectivity index (χ1n) is 11.4. The quantitative estimate of drug-likeness (QED) is 0.514. The molecular weight excluding hydrogens is 458 g/mol. The van der Waals surface area contributed by atoms with Crippen molar-refractivity contribution in [2.75, 3.05) is 59.5 Å². The zero-order valence-electron chi connectivity index (χ0n) is 19.8. The Kier molecular flexibility index (Phi) is 7.54. The summed E-state index contributed by atoms with van der Waals surface area (Å²) in [6.07, 6.45) is 0.179. The Morgan fingerprint density at radius 1 is 1.12 bits per heavy atom. The molecule has 184 valence electrons. The van der Waals surface area contributed by atoms with E-state index in [1.54, 1.807) is 33.0 Å². The van der Waals surface area contributed by atoms with Crippen LogP contribution < -0.4 is 4.74 Å². The predicted molar refractivity (Wildman–Crippen MR) is 124 cm³/mol. The number of morpholine rings is 2. The molecule has 2 aliphatic rings. The van der Waals surface area contributed by atoms with Crippen LogP contribution in [0.25, 0.3) is 0 Å². The van der Waals surface area contributed by atoms with E-state index in [1.807, 2.05) is 12.1 Å². The highest BCUT2D eigenvalue weighted by Crippen LogP contribution is 2.23. The summed E-state index contributed by atoms with van der Waals surface area (Å²) in [7, 11) is -2.05. The molecule has 34 heavy (non-hydrogen) atoms. The van der Waals surface area contributed by atoms with Crippen LogP contribution in [0.5, 0.6) is 5.75 Å². The number of likely N-dealkylation sites (N-methyl/N-ethyl adjacent to an activating group) is 1. The fourth-order valence-electron chi connectivity index (χ4n) is 4.55. The molecule has 0 spiro atoms. The maximum Gasteiger partial charge on any atom is 0.248 e. The van der Waals surface area contributed by atoms with Crippen LogP contribution in [0.4, 0.5) is 0 Å². The number of hydrogen-bond donors (Lipinski definition) is 0. The van der Waals surface area contributed by atoms with Crippen molar-refractivity contribution < 1.29 is 22.4 Å². The Labute approximate surface area is 200 Å². The SMILES string of the molecule is Cc1noc(C)c1S(=O)(=O)N(C)CCN1CC2CN(CCOc3ccc(C#N)cc3)CC(C1)O2. The average Bonchev–Trinajstić information content (AvgIpc) is 3.16. The molecule has 2 fully saturated rings. The first-order chi connectivity index (χ1) is 16.3. The predicted octanol–water partition coefficient (Wildman–Crippen LogP) is 1.25. The molecule has 0 saturated carbocycles. The highest BCUT2D eigenvalue weighted by atomic mass is 32.2. The van der Waals surface area contributed by atoms with Gasteiger partial charge in [0, 0.05) is 52.9 Å². The fraction of sp³-hybridized carbons (Fsp3) is 0.565. The molecule has 0 aliphatic carbocycles. The molecular formula is C23H31N5O5S. The molecule has 2 aliphatic heterocycles. The van der Waals surface area contributed by atoms with Crippen LogP contribution in [-0.2, 0) is 14.8 Å². The van der Waals surface area contributed by atoms with Gasteiger partial charge in [-0.05, 0) is 38.1 Å². The lowest BCUT2D eigenvalue weighted by molar-refractivity contribution is -0.139. The molecule has 1 aromatic heterocycles. The van der Waals surface area contributed by atoms with Crippen molar-refractivity contribution in [1.82, 2.24) is 19.3 Å². The van der Waals surface area contributed by atoms with E-state index in [2.05, 4.69) is 21.0 Å². The lowest BCUT2D eigenvalue weighted by Crippen LogP contribution is -2.60. The van der Waals surface area contributed by atoms with Crippen LogP contribution in [-0.4, -0.2) is 99.4 Å². The summed E-state index contributed by atoms with van der Waals surface area (Å²) in [5.41, 5.74) is 0.999. The number of hydrogen-bond acceptors (Lipinski definition) is 9. The van der Waals surface area contributed by atoms with Crippen molar-refractivity contribution in [3.63, 3.8) is 0 Å². The number of sulfonamides is 1. The van der Waals surface area contributed by atoms with Gasteiger partial charge in [0.15, 0.2) is 5.76 Å². The number of nitrogens with zero attached hydrogens (tertiary/aromatic N) is 5. The van der Waals surface area contributed by atoms with Crippen molar-refractivity contribution >= 4 is 10.0 Å². The van der Waals surface area contributed by atoms with E-state index in [0.29, 0.717) is 36.7 Å². The highest BCUT2D eigenvalue weighted by molar-refractivity contribution is 7.89. The normalized spacial score (nSPS) is 21.5. The Morgan fingerprint density at radius 2 is 1.74 bits per heavy atom. The molecule has 10 nitrogen and oxygen atoms in total. The van der Waals surface area contributed by atoms with Crippen molar-refractivity contribution in [1.29, 1.82) is 5.26 Å². The molecule has 0 N–H and O–H groups in total. The van der Waals surface area contributed by atoms with E-state index in [-0.39, 0.29) is 17.1 Å². The van der Waals surface area contributed by atoms with Crippen molar-refractivity contribution in [2.24, 2.45) is 0 Å². The summed E-state index contributed by atoms with van der Waals surface area (Å²) >= 11 is 0. The van der Waals surface area contributed by atoms with Crippen LogP contribution in [0.3, 0.4) is 0 Å². The van der Waals surface area contributed by atoms with E-state index in [9.17, 15) is 8.42 Å². The van der Waals surface area contributed by atoms with Gasteiger partial charge in [0.25, 0.3) is 0 Å². The van der Waals surface area contributed by atoms with Gasteiger partial charge >= 0.3 is 0 Å². The summed E-state index contributed by atoms with van der Waals surface area (Å²) in [5, 5.41) is 12.7. The van der Waals surface area contributed by atoms with E-state index >= 15 is 0 Å². The maximum atomic E-state index is 12.9. The summed E-state index contributed by atoms with van der Waals surface area (Å²) in [6.45, 7) is 8.81. The largest absolute Gasteiger partial charge is 0.492 e. The maximum absolute atomic E-state index is 12.9. The Bertz CT molecular complexity index is 1090. The van der Waals surface area contributed by atoms with Gasteiger partial charge in [-0.25, -0.2) is 8.42 Å². The summed E-state index contributed by atoms with van der Waals surface area (Å²) in [4.78, 5) is 4.80. The van der Waals surface area contributed by atoms with Crippen molar-refractivity contribution in [3.8, 4) is 11.8 Å². The molecule has 2 saturated heterocycles. The highest BCUT2D eigenvalue weighted by Gasteiger charge is 2.35. The average molecular weight is 490 g/mol. The zero-order valence-corrected chi connectivity index (χ0v) is 20.6. The van der Waals surface area contributed by atoms with Gasteiger partial charge in [0.2, 0.25) is 10.0 Å². The van der Waals surface area contributed by atoms with Crippen molar-refractivity contribution in [2.45, 2.75) is 31.0 Å². The van der Waals surface area contributed by atoms with E-state index in [1.165, 1.54) is 4.31 Å². The van der Waals surface area contributed by atoms with E-state index in [0.717, 1.165) is 38.5 Å². The first kappa shape index (κ1) is 24.6. The summed E-state index contributed by atoms with van der Waals surface area (Å²) in [6, 6.07) is 9.23. The Morgan fingerprint density at radius 3 is 2.29 bits per heavy atom. The molecule has 2 unspecified atom stereocenters. The van der Waals surface area contributed by atoms with E-state index in [4.69, 9.17) is 19.3 Å². The van der Waals surface area contributed by atoms with E-state index < -0.39 is 10.0 Å². The lowest BCUT2D eigenvalue weighted by atomic mass is 10.1. The van der Waals surface area contributed by atoms with Gasteiger partial charge in [0.05, 0.1) is 23.8 Å². The summed E-state index contributed by atoms with van der Waals surface area (Å²) < 4.78 is 44.2. The van der Waals surface area contributed by atoms with Gasteiger partial charge < -0.3 is 14.0 Å². The van der Waals surface area contributed by atoms with Crippen LogP contribution in [0.1, 0.15) is 17.0 Å². The minimum Gasteiger partial charge on any atom is -0.492 e. The minimum atomic E-state index is -3.64. The summed E-state index contributed by atoms with van der Waals surface area (Å²) in [5.74, 6) is 1.07. The van der Waals surface area contributed by atoms with Crippen LogP contribution in [0.15, 0.2) is 33.7 Å². The third-order valence-electron chi connectivity index (χ3n) is 6.26. The van der Waals surface area contributed by atoms with Crippen LogP contribution in [0.2, 0.25) is 0 Å². The number of rotatable bonds is 9. The number of fused-ring (bicyclic) bond motifs is 2. The number of aromatic nitrogens is 1. The molecule has 2 bridgehead atoms. The van der Waals surface area contributed by atoms with Crippen LogP contribution in [0, 0.1) is 25.2 Å². The topological polar surface area (TPSA) is 112 Å². The number of nitriles is 1. The van der Waals surface area contributed by atoms with Gasteiger partial charge in [-0.2, -0.15) is 9.57 Å².